The molecule has 0 unspecified atom stereocenters. The highest BCUT2D eigenvalue weighted by molar-refractivity contribution is 5.75. The maximum atomic E-state index is 11.4. The first kappa shape index (κ1) is 14.5. The van der Waals surface area contributed by atoms with Crippen LogP contribution in [0.1, 0.15) is 19.4 Å². The van der Waals surface area contributed by atoms with Crippen LogP contribution in [0.4, 0.5) is 5.69 Å². The molecule has 1 rings (SSSR count). The molecule has 18 heavy (non-hydrogen) atoms. The highest BCUT2D eigenvalue weighted by Crippen LogP contribution is 2.15. The number of rotatable bonds is 7. The zero-order chi connectivity index (χ0) is 13.4. The van der Waals surface area contributed by atoms with Crippen molar-refractivity contribution in [2.45, 2.75) is 26.4 Å². The first-order valence-corrected chi connectivity index (χ1v) is 6.13. The molecular formula is C14H21NO3. The van der Waals surface area contributed by atoms with Crippen molar-refractivity contribution < 1.29 is 14.3 Å². The van der Waals surface area contributed by atoms with E-state index in [4.69, 9.17) is 9.47 Å². The Balaban J connectivity index is 2.53. The zero-order valence-corrected chi connectivity index (χ0v) is 11.2. The summed E-state index contributed by atoms with van der Waals surface area (Å²) in [7, 11) is 1.68. The third kappa shape index (κ3) is 5.19. The topological polar surface area (TPSA) is 47.6 Å². The molecule has 1 N–H and O–H groups in total. The molecule has 0 saturated heterocycles. The van der Waals surface area contributed by atoms with E-state index >= 15 is 0 Å². The first-order valence-electron chi connectivity index (χ1n) is 6.13. The second-order valence-corrected chi connectivity index (χ2v) is 4.29. The van der Waals surface area contributed by atoms with E-state index < -0.39 is 0 Å². The fourth-order valence-corrected chi connectivity index (χ4v) is 1.59. The van der Waals surface area contributed by atoms with Crippen molar-refractivity contribution in [1.29, 1.82) is 0 Å². The number of hydrogen-bond acceptors (Lipinski definition) is 4. The molecule has 0 amide bonds. The minimum atomic E-state index is -0.244. The van der Waals surface area contributed by atoms with E-state index in [9.17, 15) is 4.79 Å². The van der Waals surface area contributed by atoms with Crippen LogP contribution < -0.4 is 5.32 Å². The smallest absolute Gasteiger partial charge is 0.325 e. The average molecular weight is 251 g/mol. The third-order valence-electron chi connectivity index (χ3n) is 2.38. The van der Waals surface area contributed by atoms with Crippen LogP contribution in [0.15, 0.2) is 24.3 Å². The van der Waals surface area contributed by atoms with Crippen molar-refractivity contribution in [1.82, 2.24) is 0 Å². The van der Waals surface area contributed by atoms with Gasteiger partial charge in [0, 0.05) is 12.8 Å². The number of carbonyl (C=O) groups excluding carboxylic acids is 1. The van der Waals surface area contributed by atoms with Crippen molar-refractivity contribution in [3.05, 3.63) is 29.8 Å². The highest BCUT2D eigenvalue weighted by Gasteiger charge is 2.07. The lowest BCUT2D eigenvalue weighted by molar-refractivity contribution is -0.145. The van der Waals surface area contributed by atoms with E-state index in [1.165, 1.54) is 0 Å². The molecule has 100 valence electrons. The van der Waals surface area contributed by atoms with Crippen LogP contribution in [0.2, 0.25) is 0 Å². The summed E-state index contributed by atoms with van der Waals surface area (Å²) in [6, 6.07) is 7.89. The van der Waals surface area contributed by atoms with Gasteiger partial charge in [0.05, 0.1) is 12.7 Å². The Morgan fingerprint density at radius 2 is 2.06 bits per heavy atom. The van der Waals surface area contributed by atoms with Gasteiger partial charge in [0.1, 0.15) is 6.54 Å². The fourth-order valence-electron chi connectivity index (χ4n) is 1.59. The van der Waals surface area contributed by atoms with Gasteiger partial charge in [-0.15, -0.1) is 0 Å². The van der Waals surface area contributed by atoms with Gasteiger partial charge in [0.15, 0.2) is 0 Å². The molecule has 4 heteroatoms. The van der Waals surface area contributed by atoms with Crippen molar-refractivity contribution in [2.75, 3.05) is 25.6 Å². The molecule has 0 spiro atoms. The molecule has 0 aromatic heterocycles. The van der Waals surface area contributed by atoms with Gasteiger partial charge in [-0.25, -0.2) is 0 Å². The van der Waals surface area contributed by atoms with Crippen LogP contribution in [-0.4, -0.2) is 32.3 Å². The van der Waals surface area contributed by atoms with E-state index in [1.807, 2.05) is 38.1 Å². The summed E-state index contributed by atoms with van der Waals surface area (Å²) in [6.07, 6.45) is 0.738. The Morgan fingerprint density at radius 3 is 2.72 bits per heavy atom. The average Bonchev–Trinajstić information content (AvgIpc) is 2.34. The number of esters is 1. The van der Waals surface area contributed by atoms with Gasteiger partial charge >= 0.3 is 5.97 Å². The second-order valence-electron chi connectivity index (χ2n) is 4.29. The molecule has 0 aliphatic carbocycles. The van der Waals surface area contributed by atoms with Crippen LogP contribution >= 0.6 is 0 Å². The lowest BCUT2D eigenvalue weighted by Crippen LogP contribution is -2.20. The molecular weight excluding hydrogens is 230 g/mol. The van der Waals surface area contributed by atoms with Crippen molar-refractivity contribution in [2.24, 2.45) is 0 Å². The Morgan fingerprint density at radius 1 is 1.33 bits per heavy atom. The summed E-state index contributed by atoms with van der Waals surface area (Å²) in [5.41, 5.74) is 2.09. The number of methoxy groups -OCH3 is 1. The number of ether oxygens (including phenoxy) is 2. The molecule has 0 aliphatic heterocycles. The van der Waals surface area contributed by atoms with Gasteiger partial charge < -0.3 is 14.8 Å². The van der Waals surface area contributed by atoms with Gasteiger partial charge in [0.2, 0.25) is 0 Å². The van der Waals surface area contributed by atoms with Crippen molar-refractivity contribution in [3.63, 3.8) is 0 Å². The molecule has 4 nitrogen and oxygen atoms in total. The minimum Gasteiger partial charge on any atom is -0.462 e. The Bertz CT molecular complexity index is 377. The van der Waals surface area contributed by atoms with Gasteiger partial charge in [-0.2, -0.15) is 0 Å². The Hall–Kier alpha value is -1.55. The molecule has 0 aliphatic rings. The van der Waals surface area contributed by atoms with E-state index in [2.05, 4.69) is 5.32 Å². The van der Waals surface area contributed by atoms with Gasteiger partial charge in [-0.1, -0.05) is 18.2 Å². The lowest BCUT2D eigenvalue weighted by atomic mass is 10.1. The number of hydrogen-bond donors (Lipinski definition) is 1. The zero-order valence-electron chi connectivity index (χ0n) is 11.2. The van der Waals surface area contributed by atoms with Crippen molar-refractivity contribution >= 4 is 11.7 Å². The maximum Gasteiger partial charge on any atom is 0.325 e. The van der Waals surface area contributed by atoms with Crippen LogP contribution in [0.5, 0.6) is 0 Å². The van der Waals surface area contributed by atoms with Gasteiger partial charge in [-0.05, 0) is 31.9 Å². The SMILES string of the molecule is COCCc1ccccc1NCC(=O)OC(C)C. The third-order valence-corrected chi connectivity index (χ3v) is 2.38. The Kier molecular flexibility index (Phi) is 6.22. The molecule has 0 radical (unpaired) electrons. The monoisotopic (exact) mass is 251 g/mol. The normalized spacial score (nSPS) is 10.4. The second kappa shape index (κ2) is 7.71. The summed E-state index contributed by atoms with van der Waals surface area (Å²) < 4.78 is 10.1. The van der Waals surface area contributed by atoms with E-state index in [0.29, 0.717) is 6.61 Å². The molecule has 0 atom stereocenters. The largest absolute Gasteiger partial charge is 0.462 e. The number of carbonyl (C=O) groups is 1. The molecule has 0 heterocycles. The van der Waals surface area contributed by atoms with E-state index in [-0.39, 0.29) is 18.6 Å². The van der Waals surface area contributed by atoms with Gasteiger partial charge in [0.25, 0.3) is 0 Å². The number of benzene rings is 1. The van der Waals surface area contributed by atoms with Crippen LogP contribution in [0.3, 0.4) is 0 Å². The first-order chi connectivity index (χ1) is 8.63. The van der Waals surface area contributed by atoms with E-state index in [1.54, 1.807) is 7.11 Å². The van der Waals surface area contributed by atoms with Crippen LogP contribution in [0.25, 0.3) is 0 Å². The summed E-state index contributed by atoms with van der Waals surface area (Å²) in [5.74, 6) is -0.244. The van der Waals surface area contributed by atoms with Crippen LogP contribution in [0, 0.1) is 0 Å². The standard InChI is InChI=1S/C14H21NO3/c1-11(2)18-14(16)10-15-13-7-5-4-6-12(13)8-9-17-3/h4-7,11,15H,8-10H2,1-3H3. The summed E-state index contributed by atoms with van der Waals surface area (Å²) in [6.45, 7) is 4.52. The quantitative estimate of drug-likeness (QED) is 0.755. The highest BCUT2D eigenvalue weighted by atomic mass is 16.5. The van der Waals surface area contributed by atoms with Crippen molar-refractivity contribution in [3.8, 4) is 0 Å². The maximum absolute atomic E-state index is 11.4. The number of anilines is 1. The molecule has 0 saturated carbocycles. The molecule has 0 fully saturated rings. The van der Waals surface area contributed by atoms with Gasteiger partial charge in [-0.3, -0.25) is 4.79 Å². The number of para-hydroxylation sites is 1. The lowest BCUT2D eigenvalue weighted by Gasteiger charge is -2.12. The van der Waals surface area contributed by atoms with E-state index in [0.717, 1.165) is 17.7 Å². The van der Waals surface area contributed by atoms with Crippen LogP contribution in [-0.2, 0) is 20.7 Å². The predicted octanol–water partition coefficient (Wildman–Crippen LogP) is 2.24. The fraction of sp³-hybridized carbons (Fsp3) is 0.500. The number of nitrogens with one attached hydrogen (secondary N) is 1. The molecule has 0 bridgehead atoms. The summed E-state index contributed by atoms with van der Waals surface area (Å²) in [4.78, 5) is 11.4. The molecule has 1 aromatic rings. The summed E-state index contributed by atoms with van der Waals surface area (Å²) in [5, 5.41) is 3.10. The Labute approximate surface area is 108 Å². The summed E-state index contributed by atoms with van der Waals surface area (Å²) >= 11 is 0. The molecule has 1 aromatic carbocycles. The predicted molar refractivity (Wildman–Crippen MR) is 71.7 cm³/mol. The minimum absolute atomic E-state index is 0.0805.